The van der Waals surface area contributed by atoms with Crippen LogP contribution in [0.15, 0.2) is 63.1 Å². The van der Waals surface area contributed by atoms with Gasteiger partial charge in [0.1, 0.15) is 18.4 Å². The number of carboxylic acid groups (broad SMARTS) is 1. The first-order valence-electron chi connectivity index (χ1n) is 9.11. The van der Waals surface area contributed by atoms with Crippen LogP contribution in [0.5, 0.6) is 5.75 Å². The zero-order valence-corrected chi connectivity index (χ0v) is 18.8. The third-order valence-electron chi connectivity index (χ3n) is 3.88. The Kier molecular flexibility index (Phi) is 9.09. The molecule has 0 spiro atoms. The van der Waals surface area contributed by atoms with E-state index in [1.165, 1.54) is 12.1 Å². The second kappa shape index (κ2) is 11.5. The van der Waals surface area contributed by atoms with Gasteiger partial charge in [0.25, 0.3) is 0 Å². The molecule has 0 aliphatic carbocycles. The molecular formula is C19H23BrN4O6S. The number of oxime groups is 1. The minimum absolute atomic E-state index is 0.0271. The van der Waals surface area contributed by atoms with Gasteiger partial charge in [0.05, 0.1) is 11.5 Å². The Morgan fingerprint density at radius 1 is 1.16 bits per heavy atom. The lowest BCUT2D eigenvalue weighted by Crippen LogP contribution is -2.42. The third kappa shape index (κ3) is 8.44. The summed E-state index contributed by atoms with van der Waals surface area (Å²) in [6.07, 6.45) is 0.520. The fourth-order valence-electron chi connectivity index (χ4n) is 2.46. The number of aliphatic carboxylic acids is 1. The van der Waals surface area contributed by atoms with E-state index < -0.39 is 22.0 Å². The van der Waals surface area contributed by atoms with E-state index in [4.69, 9.17) is 21.0 Å². The Morgan fingerprint density at radius 3 is 2.48 bits per heavy atom. The second-order valence-corrected chi connectivity index (χ2v) is 9.00. The van der Waals surface area contributed by atoms with Gasteiger partial charge in [-0.2, -0.15) is 4.72 Å². The molecule has 2 aromatic rings. The molecule has 2 rings (SSSR count). The Morgan fingerprint density at radius 2 is 1.87 bits per heavy atom. The molecule has 0 aromatic heterocycles. The summed E-state index contributed by atoms with van der Waals surface area (Å²) in [6.45, 7) is 0.651. The normalized spacial score (nSPS) is 12.0. The van der Waals surface area contributed by atoms with Gasteiger partial charge in [0.2, 0.25) is 16.0 Å². The van der Waals surface area contributed by atoms with E-state index >= 15 is 0 Å². The number of halogens is 1. The van der Waals surface area contributed by atoms with Crippen LogP contribution < -0.4 is 20.9 Å². The Balaban J connectivity index is 1.93. The molecule has 0 saturated heterocycles. The molecule has 0 heterocycles. The molecule has 0 saturated carbocycles. The van der Waals surface area contributed by atoms with Gasteiger partial charge in [-0.25, -0.2) is 8.42 Å². The lowest BCUT2D eigenvalue weighted by molar-refractivity contribution is -0.138. The predicted octanol–water partition coefficient (Wildman–Crippen LogP) is 1.40. The van der Waals surface area contributed by atoms with Crippen LogP contribution in [0.2, 0.25) is 0 Å². The lowest BCUT2D eigenvalue weighted by Gasteiger charge is -2.15. The number of hydrogen-bond acceptors (Lipinski definition) is 6. The van der Waals surface area contributed by atoms with Crippen LogP contribution in [0.4, 0.5) is 0 Å². The number of sulfonamides is 1. The van der Waals surface area contributed by atoms with Crippen LogP contribution >= 0.6 is 15.9 Å². The molecular weight excluding hydrogens is 492 g/mol. The molecule has 31 heavy (non-hydrogen) atoms. The average Bonchev–Trinajstić information content (AvgIpc) is 2.71. The predicted molar refractivity (Wildman–Crippen MR) is 118 cm³/mol. The van der Waals surface area contributed by atoms with Gasteiger partial charge in [-0.1, -0.05) is 34.1 Å². The molecule has 0 bridgehead atoms. The quantitative estimate of drug-likeness (QED) is 0.142. The van der Waals surface area contributed by atoms with Gasteiger partial charge < -0.3 is 26.1 Å². The smallest absolute Gasteiger partial charge is 0.322 e. The van der Waals surface area contributed by atoms with E-state index in [-0.39, 0.29) is 23.9 Å². The van der Waals surface area contributed by atoms with Crippen LogP contribution in [-0.2, 0) is 26.1 Å². The number of ether oxygens (including phenoxy) is 1. The van der Waals surface area contributed by atoms with Crippen LogP contribution in [0, 0.1) is 0 Å². The van der Waals surface area contributed by atoms with Crippen molar-refractivity contribution in [3.63, 3.8) is 0 Å². The van der Waals surface area contributed by atoms with Crippen LogP contribution in [0.3, 0.4) is 0 Å². The molecule has 1 atom stereocenters. The van der Waals surface area contributed by atoms with Crippen molar-refractivity contribution in [1.82, 2.24) is 4.72 Å². The number of nitrogens with two attached hydrogens (primary N) is 2. The highest BCUT2D eigenvalue weighted by Crippen LogP contribution is 2.18. The highest BCUT2D eigenvalue weighted by molar-refractivity contribution is 9.10. The van der Waals surface area contributed by atoms with Gasteiger partial charge in [0.15, 0.2) is 0 Å². The fourth-order valence-corrected chi connectivity index (χ4v) is 4.25. The minimum Gasteiger partial charge on any atom is -0.493 e. The Bertz CT molecular complexity index is 1010. The van der Waals surface area contributed by atoms with Crippen LogP contribution in [0.25, 0.3) is 0 Å². The highest BCUT2D eigenvalue weighted by atomic mass is 79.9. The summed E-state index contributed by atoms with van der Waals surface area (Å²) in [5.74, 6) is -0.859. The molecule has 1 unspecified atom stereocenters. The maximum Gasteiger partial charge on any atom is 0.322 e. The molecule has 10 nitrogen and oxygen atoms in total. The minimum atomic E-state index is -4.00. The first-order valence-corrected chi connectivity index (χ1v) is 11.4. The van der Waals surface area contributed by atoms with Crippen molar-refractivity contribution in [2.45, 2.75) is 23.8 Å². The molecule has 12 heteroatoms. The van der Waals surface area contributed by atoms with Gasteiger partial charge in [-0.3, -0.25) is 4.79 Å². The van der Waals surface area contributed by atoms with E-state index in [9.17, 15) is 18.3 Å². The zero-order chi connectivity index (χ0) is 22.9. The maximum absolute atomic E-state index is 12.5. The molecule has 0 fully saturated rings. The summed E-state index contributed by atoms with van der Waals surface area (Å²) < 4.78 is 33.4. The standard InChI is InChI=1S/C19H23BrN4O6S/c20-14-3-1-4-16(12-14)31(27,28)24-17(18(25)26)11-13-5-7-15(8-6-13)29-9-2-10-30-23-19(21)22/h1,3-8,12,17,24H,2,9-11H2,(H,25,26)(H4,21,22,23). The Labute approximate surface area is 188 Å². The van der Waals surface area contributed by atoms with Gasteiger partial charge in [0, 0.05) is 10.9 Å². The number of benzene rings is 2. The first-order chi connectivity index (χ1) is 14.7. The van der Waals surface area contributed by atoms with Gasteiger partial charge >= 0.3 is 5.97 Å². The van der Waals surface area contributed by atoms with Crippen molar-refractivity contribution in [2.24, 2.45) is 16.6 Å². The van der Waals surface area contributed by atoms with Gasteiger partial charge in [-0.05, 0) is 47.5 Å². The molecule has 0 aliphatic heterocycles. The molecule has 0 radical (unpaired) electrons. The number of nitrogens with zero attached hydrogens (tertiary/aromatic N) is 1. The summed E-state index contributed by atoms with van der Waals surface area (Å²) in [5, 5.41) is 12.9. The van der Waals surface area contributed by atoms with Crippen molar-refractivity contribution in [2.75, 3.05) is 13.2 Å². The first kappa shape index (κ1) is 24.4. The van der Waals surface area contributed by atoms with E-state index in [0.717, 1.165) is 0 Å². The second-order valence-electron chi connectivity index (χ2n) is 6.37. The van der Waals surface area contributed by atoms with E-state index in [1.54, 1.807) is 36.4 Å². The molecule has 0 aliphatic rings. The summed E-state index contributed by atoms with van der Waals surface area (Å²) in [5.41, 5.74) is 10.9. The number of carboxylic acids is 1. The van der Waals surface area contributed by atoms with Crippen molar-refractivity contribution in [3.8, 4) is 5.75 Å². The highest BCUT2D eigenvalue weighted by Gasteiger charge is 2.25. The summed E-state index contributed by atoms with van der Waals surface area (Å²) in [6, 6.07) is 11.4. The van der Waals surface area contributed by atoms with Crippen molar-refractivity contribution in [3.05, 3.63) is 58.6 Å². The maximum atomic E-state index is 12.5. The Hall–Kier alpha value is -2.83. The summed E-state index contributed by atoms with van der Waals surface area (Å²) in [4.78, 5) is 16.4. The number of rotatable bonds is 12. The number of hydrogen-bond donors (Lipinski definition) is 4. The average molecular weight is 515 g/mol. The number of guanidine groups is 1. The zero-order valence-electron chi connectivity index (χ0n) is 16.4. The number of carbonyl (C=O) groups is 1. The van der Waals surface area contributed by atoms with E-state index in [2.05, 4.69) is 25.8 Å². The topological polar surface area (TPSA) is 166 Å². The summed E-state index contributed by atoms with van der Waals surface area (Å²) >= 11 is 3.20. The van der Waals surface area contributed by atoms with Crippen LogP contribution in [0.1, 0.15) is 12.0 Å². The summed E-state index contributed by atoms with van der Waals surface area (Å²) in [7, 11) is -4.00. The van der Waals surface area contributed by atoms with Gasteiger partial charge in [-0.15, -0.1) is 0 Å². The van der Waals surface area contributed by atoms with Crippen LogP contribution in [-0.4, -0.2) is 44.7 Å². The van der Waals surface area contributed by atoms with Crippen molar-refractivity contribution < 1.29 is 27.9 Å². The largest absolute Gasteiger partial charge is 0.493 e. The third-order valence-corrected chi connectivity index (χ3v) is 5.85. The van der Waals surface area contributed by atoms with Crippen molar-refractivity contribution in [1.29, 1.82) is 0 Å². The fraction of sp³-hybridized carbons (Fsp3) is 0.263. The van der Waals surface area contributed by atoms with E-state index in [1.807, 2.05) is 0 Å². The lowest BCUT2D eigenvalue weighted by atomic mass is 10.1. The molecule has 0 amide bonds. The van der Waals surface area contributed by atoms with Crippen molar-refractivity contribution >= 4 is 37.9 Å². The molecule has 2 aromatic carbocycles. The molecule has 168 valence electrons. The monoisotopic (exact) mass is 514 g/mol. The van der Waals surface area contributed by atoms with E-state index in [0.29, 0.717) is 28.8 Å². The SMILES string of the molecule is NC(N)=NOCCCOc1ccc(CC(NS(=O)(=O)c2cccc(Br)c2)C(=O)O)cc1. The molecule has 6 N–H and O–H groups in total. The number of nitrogens with one attached hydrogen (secondary N) is 1.